The van der Waals surface area contributed by atoms with E-state index in [0.29, 0.717) is 17.7 Å². The molecule has 2 rings (SSSR count). The van der Waals surface area contributed by atoms with Crippen molar-refractivity contribution in [1.82, 2.24) is 4.98 Å². The maximum Gasteiger partial charge on any atom is 0.209 e. The van der Waals surface area contributed by atoms with Gasteiger partial charge in [0.15, 0.2) is 0 Å². The molecule has 0 aliphatic rings. The molecule has 0 unspecified atom stereocenters. The number of aromatic nitrogens is 1. The summed E-state index contributed by atoms with van der Waals surface area (Å²) in [6.45, 7) is 0. The first-order valence-electron chi connectivity index (χ1n) is 5.84. The Labute approximate surface area is 120 Å². The van der Waals surface area contributed by atoms with Crippen LogP contribution in [0.5, 0.6) is 0 Å². The molecule has 2 aromatic rings. The lowest BCUT2D eigenvalue weighted by molar-refractivity contribution is 0.593. The largest absolute Gasteiger partial charge is 0.225 e. The van der Waals surface area contributed by atoms with Crippen LogP contribution in [0.3, 0.4) is 0 Å². The molecule has 0 amide bonds. The third-order valence-corrected chi connectivity index (χ3v) is 5.72. The number of unbranched alkanes of at least 4 members (excludes halogenated alkanes) is 1. The van der Waals surface area contributed by atoms with Crippen LogP contribution in [0.25, 0.3) is 11.3 Å². The van der Waals surface area contributed by atoms with Gasteiger partial charge in [-0.1, -0.05) is 0 Å². The van der Waals surface area contributed by atoms with E-state index in [1.54, 1.807) is 17.5 Å². The van der Waals surface area contributed by atoms with Crippen molar-refractivity contribution in [3.8, 4) is 17.3 Å². The number of nitrogens with zero attached hydrogens (tertiary/aromatic N) is 2. The Hall–Kier alpha value is -1.78. The molecule has 1 heterocycles. The Morgan fingerprint density at radius 1 is 1.30 bits per heavy atom. The first-order valence-corrected chi connectivity index (χ1v) is 8.37. The monoisotopic (exact) mass is 310 g/mol. The molecule has 0 radical (unpaired) electrons. The van der Waals surface area contributed by atoms with Crippen molar-refractivity contribution in [3.05, 3.63) is 35.5 Å². The predicted molar refractivity (Wildman–Crippen MR) is 74.4 cm³/mol. The topological polar surface area (TPSA) is 70.8 Å². The van der Waals surface area contributed by atoms with Crippen LogP contribution in [0.1, 0.15) is 12.8 Å². The lowest BCUT2D eigenvalue weighted by Crippen LogP contribution is -2.06. The molecule has 0 saturated carbocycles. The highest BCUT2D eigenvalue weighted by molar-refractivity contribution is 7.93. The highest BCUT2D eigenvalue weighted by Crippen LogP contribution is 2.25. The average Bonchev–Trinajstić information content (AvgIpc) is 2.90. The average molecular weight is 310 g/mol. The van der Waals surface area contributed by atoms with E-state index in [1.807, 2.05) is 6.07 Å². The first-order chi connectivity index (χ1) is 9.53. The summed E-state index contributed by atoms with van der Waals surface area (Å²) in [5.41, 5.74) is 1.18. The molecule has 0 fully saturated rings. The lowest BCUT2D eigenvalue weighted by atomic mass is 10.2. The molecule has 0 aliphatic heterocycles. The van der Waals surface area contributed by atoms with Crippen molar-refractivity contribution in [3.63, 3.8) is 0 Å². The van der Waals surface area contributed by atoms with Gasteiger partial charge < -0.3 is 0 Å². The second-order valence-electron chi connectivity index (χ2n) is 4.09. The van der Waals surface area contributed by atoms with Gasteiger partial charge in [-0.05, 0) is 30.7 Å². The molecular weight excluding hydrogens is 299 g/mol. The summed E-state index contributed by atoms with van der Waals surface area (Å²) in [5.74, 6) is -0.440. The van der Waals surface area contributed by atoms with Gasteiger partial charge in [0.2, 0.25) is 14.2 Å². The zero-order valence-electron chi connectivity index (χ0n) is 10.4. The SMILES string of the molecule is N#CCCCS(=O)(=O)c1nc(-c2ccc(F)cc2)cs1. The van der Waals surface area contributed by atoms with Crippen LogP contribution < -0.4 is 0 Å². The summed E-state index contributed by atoms with van der Waals surface area (Å²) < 4.78 is 36.8. The molecule has 0 spiro atoms. The van der Waals surface area contributed by atoms with Gasteiger partial charge >= 0.3 is 0 Å². The van der Waals surface area contributed by atoms with Crippen molar-refractivity contribution in [2.75, 3.05) is 5.75 Å². The lowest BCUT2D eigenvalue weighted by Gasteiger charge is -1.98. The van der Waals surface area contributed by atoms with Crippen LogP contribution in [-0.4, -0.2) is 19.2 Å². The number of hydrogen-bond donors (Lipinski definition) is 0. The third-order valence-electron chi connectivity index (χ3n) is 2.59. The van der Waals surface area contributed by atoms with Crippen molar-refractivity contribution in [1.29, 1.82) is 5.26 Å². The Kier molecular flexibility index (Phi) is 4.47. The molecular formula is C13H11FN2O2S2. The van der Waals surface area contributed by atoms with Gasteiger partial charge in [0.05, 0.1) is 17.5 Å². The summed E-state index contributed by atoms with van der Waals surface area (Å²) in [6.07, 6.45) is 0.500. The summed E-state index contributed by atoms with van der Waals surface area (Å²) in [6, 6.07) is 7.62. The van der Waals surface area contributed by atoms with Crippen LogP contribution in [0.2, 0.25) is 0 Å². The van der Waals surface area contributed by atoms with Crippen LogP contribution in [-0.2, 0) is 9.84 Å². The number of hydrogen-bond acceptors (Lipinski definition) is 5. The van der Waals surface area contributed by atoms with Gasteiger partial charge in [-0.3, -0.25) is 0 Å². The number of sulfone groups is 1. The van der Waals surface area contributed by atoms with Gasteiger partial charge in [-0.15, -0.1) is 11.3 Å². The maximum absolute atomic E-state index is 12.8. The third kappa shape index (κ3) is 3.40. The summed E-state index contributed by atoms with van der Waals surface area (Å²) >= 11 is 1.04. The molecule has 0 bridgehead atoms. The first kappa shape index (κ1) is 14.6. The van der Waals surface area contributed by atoms with Crippen molar-refractivity contribution < 1.29 is 12.8 Å². The van der Waals surface area contributed by atoms with Crippen molar-refractivity contribution in [2.24, 2.45) is 0 Å². The van der Waals surface area contributed by atoms with E-state index in [1.165, 1.54) is 12.1 Å². The zero-order chi connectivity index (χ0) is 14.6. The van der Waals surface area contributed by atoms with Gasteiger partial charge in [-0.2, -0.15) is 5.26 Å². The van der Waals surface area contributed by atoms with Crippen molar-refractivity contribution in [2.45, 2.75) is 17.2 Å². The second kappa shape index (κ2) is 6.11. The van der Waals surface area contributed by atoms with E-state index in [0.717, 1.165) is 11.3 Å². The van der Waals surface area contributed by atoms with Crippen LogP contribution in [0.15, 0.2) is 34.0 Å². The van der Waals surface area contributed by atoms with E-state index in [-0.39, 0.29) is 22.3 Å². The molecule has 0 aliphatic carbocycles. The number of rotatable bonds is 5. The zero-order valence-corrected chi connectivity index (χ0v) is 12.0. The predicted octanol–water partition coefficient (Wildman–Crippen LogP) is 3.03. The minimum absolute atomic E-state index is 0.0368. The number of nitriles is 1. The van der Waals surface area contributed by atoms with Gasteiger partial charge in [-0.25, -0.2) is 17.8 Å². The molecule has 0 N–H and O–H groups in total. The van der Waals surface area contributed by atoms with Crippen LogP contribution in [0.4, 0.5) is 4.39 Å². The molecule has 1 aromatic heterocycles. The van der Waals surface area contributed by atoms with Crippen LogP contribution >= 0.6 is 11.3 Å². The van der Waals surface area contributed by atoms with E-state index < -0.39 is 9.84 Å². The Morgan fingerprint density at radius 3 is 2.65 bits per heavy atom. The van der Waals surface area contributed by atoms with E-state index in [4.69, 9.17) is 5.26 Å². The fourth-order valence-corrected chi connectivity index (χ4v) is 4.05. The van der Waals surface area contributed by atoms with Crippen molar-refractivity contribution >= 4 is 21.2 Å². The summed E-state index contributed by atoms with van der Waals surface area (Å²) in [5, 5.41) is 10.0. The minimum Gasteiger partial charge on any atom is -0.225 e. The molecule has 20 heavy (non-hydrogen) atoms. The van der Waals surface area contributed by atoms with Crippen LogP contribution in [0, 0.1) is 17.1 Å². The smallest absolute Gasteiger partial charge is 0.209 e. The van der Waals surface area contributed by atoms with Gasteiger partial charge in [0.1, 0.15) is 5.82 Å². The molecule has 1 aromatic carbocycles. The Morgan fingerprint density at radius 2 is 2.00 bits per heavy atom. The highest BCUT2D eigenvalue weighted by Gasteiger charge is 2.19. The Bertz CT molecular complexity index is 730. The van der Waals surface area contributed by atoms with Gasteiger partial charge in [0.25, 0.3) is 0 Å². The molecule has 7 heteroatoms. The Balaban J connectivity index is 2.20. The van der Waals surface area contributed by atoms with E-state index in [2.05, 4.69) is 4.98 Å². The van der Waals surface area contributed by atoms with E-state index in [9.17, 15) is 12.8 Å². The molecule has 0 atom stereocenters. The fraction of sp³-hybridized carbons (Fsp3) is 0.231. The standard InChI is InChI=1S/C13H11FN2O2S2/c14-11-5-3-10(4-6-11)12-9-19-13(16-12)20(17,18)8-2-1-7-15/h3-6,9H,1-2,8H2. The summed E-state index contributed by atoms with van der Waals surface area (Å²) in [4.78, 5) is 4.09. The quantitative estimate of drug-likeness (QED) is 0.796. The molecule has 0 saturated heterocycles. The maximum atomic E-state index is 12.8. The minimum atomic E-state index is -3.45. The fourth-order valence-electron chi connectivity index (χ4n) is 1.58. The second-order valence-corrected chi connectivity index (χ2v) is 7.23. The number of benzene rings is 1. The number of thiazole rings is 1. The summed E-state index contributed by atoms with van der Waals surface area (Å²) in [7, 11) is -3.45. The highest BCUT2D eigenvalue weighted by atomic mass is 32.2. The van der Waals surface area contributed by atoms with E-state index >= 15 is 0 Å². The molecule has 104 valence electrons. The number of halogens is 1. The molecule has 4 nitrogen and oxygen atoms in total. The normalized spacial score (nSPS) is 11.2. The van der Waals surface area contributed by atoms with Gasteiger partial charge in [0, 0.05) is 17.4 Å².